The van der Waals surface area contributed by atoms with Crippen molar-refractivity contribution in [2.75, 3.05) is 23.1 Å². The van der Waals surface area contributed by atoms with Crippen LogP contribution >= 0.6 is 11.3 Å². The number of benzene rings is 2. The van der Waals surface area contributed by atoms with Gasteiger partial charge in [-0.05, 0) is 49.6 Å². The zero-order chi connectivity index (χ0) is 22.1. The van der Waals surface area contributed by atoms with Crippen LogP contribution in [0, 0.1) is 6.92 Å². The highest BCUT2D eigenvalue weighted by atomic mass is 32.1. The highest BCUT2D eigenvalue weighted by Crippen LogP contribution is 2.31. The molecule has 2 aromatic carbocycles. The van der Waals surface area contributed by atoms with Crippen molar-refractivity contribution >= 4 is 49.9 Å². The lowest BCUT2D eigenvalue weighted by atomic mass is 10.1. The molecule has 1 aromatic heterocycles. The second kappa shape index (κ2) is 8.80. The minimum atomic E-state index is -0.218. The molecule has 1 fully saturated rings. The van der Waals surface area contributed by atoms with Gasteiger partial charge in [-0.3, -0.25) is 14.5 Å². The topological polar surface area (TPSA) is 75.1 Å². The van der Waals surface area contributed by atoms with Crippen LogP contribution in [0.15, 0.2) is 53.6 Å². The van der Waals surface area contributed by atoms with Crippen molar-refractivity contribution < 1.29 is 14.3 Å². The van der Waals surface area contributed by atoms with Crippen molar-refractivity contribution in [3.8, 4) is 0 Å². The Morgan fingerprint density at radius 3 is 2.88 bits per heavy atom. The molecular formula is C24H24N4O3S. The fourth-order valence-corrected chi connectivity index (χ4v) is 5.01. The summed E-state index contributed by atoms with van der Waals surface area (Å²) in [5.41, 5.74) is 2.92. The SMILES string of the molecule is Cc1cccc(N2N=C(C(=O)N(CC3CCCO3)c3nc4ccccc4s3)CCC2=O)c1. The van der Waals surface area contributed by atoms with Crippen LogP contribution in [0.2, 0.25) is 0 Å². The number of para-hydroxylation sites is 1. The number of hydrogen-bond acceptors (Lipinski definition) is 6. The predicted octanol–water partition coefficient (Wildman–Crippen LogP) is 4.30. The Morgan fingerprint density at radius 2 is 2.09 bits per heavy atom. The number of rotatable bonds is 5. The van der Waals surface area contributed by atoms with Gasteiger partial charge in [-0.2, -0.15) is 5.10 Å². The molecule has 1 saturated heterocycles. The van der Waals surface area contributed by atoms with Gasteiger partial charge >= 0.3 is 0 Å². The zero-order valence-corrected chi connectivity index (χ0v) is 18.7. The predicted molar refractivity (Wildman–Crippen MR) is 126 cm³/mol. The normalized spacial score (nSPS) is 18.8. The van der Waals surface area contributed by atoms with Crippen molar-refractivity contribution in [1.29, 1.82) is 0 Å². The molecule has 32 heavy (non-hydrogen) atoms. The Balaban J connectivity index is 1.49. The van der Waals surface area contributed by atoms with Crippen LogP contribution in [0.3, 0.4) is 0 Å². The lowest BCUT2D eigenvalue weighted by Crippen LogP contribution is -2.44. The summed E-state index contributed by atoms with van der Waals surface area (Å²) in [5.74, 6) is -0.331. The molecule has 8 heteroatoms. The number of aryl methyl sites for hydroxylation is 1. The van der Waals surface area contributed by atoms with Gasteiger partial charge in [0.05, 0.1) is 28.6 Å². The molecule has 2 amide bonds. The molecule has 1 unspecified atom stereocenters. The van der Waals surface area contributed by atoms with E-state index in [1.807, 2.05) is 55.5 Å². The number of amides is 2. The molecule has 1 atom stereocenters. The summed E-state index contributed by atoms with van der Waals surface area (Å²) in [6.45, 7) is 3.10. The molecule has 164 valence electrons. The molecule has 0 saturated carbocycles. The number of hydrogen-bond donors (Lipinski definition) is 0. The minimum absolute atomic E-state index is 0.0235. The van der Waals surface area contributed by atoms with Crippen molar-refractivity contribution in [2.24, 2.45) is 5.10 Å². The van der Waals surface area contributed by atoms with Gasteiger partial charge in [-0.15, -0.1) is 0 Å². The first-order valence-corrected chi connectivity index (χ1v) is 11.7. The van der Waals surface area contributed by atoms with Gasteiger partial charge in [-0.1, -0.05) is 35.6 Å². The highest BCUT2D eigenvalue weighted by Gasteiger charge is 2.32. The van der Waals surface area contributed by atoms with Crippen LogP contribution in [0.25, 0.3) is 10.2 Å². The summed E-state index contributed by atoms with van der Waals surface area (Å²) in [6, 6.07) is 15.4. The second-order valence-electron chi connectivity index (χ2n) is 8.11. The van der Waals surface area contributed by atoms with Crippen molar-refractivity contribution in [3.05, 3.63) is 54.1 Å². The molecule has 5 rings (SSSR count). The quantitative estimate of drug-likeness (QED) is 0.583. The third-order valence-electron chi connectivity index (χ3n) is 5.69. The van der Waals surface area contributed by atoms with Gasteiger partial charge in [0.1, 0.15) is 5.71 Å². The molecule has 0 bridgehead atoms. The van der Waals surface area contributed by atoms with E-state index in [4.69, 9.17) is 9.72 Å². The number of thiazole rings is 1. The molecule has 0 spiro atoms. The average molecular weight is 449 g/mol. The maximum Gasteiger partial charge on any atom is 0.276 e. The van der Waals surface area contributed by atoms with E-state index in [1.165, 1.54) is 16.3 Å². The number of anilines is 2. The minimum Gasteiger partial charge on any atom is -0.376 e. The number of hydrazone groups is 1. The van der Waals surface area contributed by atoms with E-state index in [0.29, 0.717) is 36.1 Å². The molecule has 2 aliphatic rings. The number of carbonyl (C=O) groups excluding carboxylic acids is 2. The lowest BCUT2D eigenvalue weighted by molar-refractivity contribution is -0.118. The van der Waals surface area contributed by atoms with Gasteiger partial charge in [-0.25, -0.2) is 9.99 Å². The van der Waals surface area contributed by atoms with Gasteiger partial charge in [0.15, 0.2) is 5.13 Å². The summed E-state index contributed by atoms with van der Waals surface area (Å²) in [4.78, 5) is 32.6. The Kier molecular flexibility index (Phi) is 5.71. The Hall–Kier alpha value is -3.10. The fourth-order valence-electron chi connectivity index (χ4n) is 4.04. The summed E-state index contributed by atoms with van der Waals surface area (Å²) in [5, 5.41) is 6.48. The summed E-state index contributed by atoms with van der Waals surface area (Å²) >= 11 is 1.48. The van der Waals surface area contributed by atoms with Gasteiger partial charge in [0.2, 0.25) is 5.91 Å². The fraction of sp³-hybridized carbons (Fsp3) is 0.333. The third kappa shape index (κ3) is 4.16. The average Bonchev–Trinajstić information content (AvgIpc) is 3.47. The van der Waals surface area contributed by atoms with Crippen molar-refractivity contribution in [1.82, 2.24) is 4.98 Å². The van der Waals surface area contributed by atoms with Crippen LogP contribution in [0.4, 0.5) is 10.8 Å². The lowest BCUT2D eigenvalue weighted by Gasteiger charge is -2.27. The standard InChI is InChI=1S/C24H24N4O3S/c1-16-6-4-7-17(14-16)28-22(29)12-11-20(26-28)23(30)27(15-18-8-5-13-31-18)24-25-19-9-2-3-10-21(19)32-24/h2-4,6-7,9-10,14,18H,5,8,11-13,15H2,1H3. The molecule has 0 radical (unpaired) electrons. The zero-order valence-electron chi connectivity index (χ0n) is 17.9. The molecule has 7 nitrogen and oxygen atoms in total. The maximum atomic E-state index is 13.7. The molecule has 3 aromatic rings. The largest absolute Gasteiger partial charge is 0.376 e. The Labute approximate surface area is 190 Å². The summed E-state index contributed by atoms with van der Waals surface area (Å²) in [7, 11) is 0. The number of ether oxygens (including phenoxy) is 1. The maximum absolute atomic E-state index is 13.7. The molecule has 0 aliphatic carbocycles. The monoisotopic (exact) mass is 448 g/mol. The van der Waals surface area contributed by atoms with Crippen LogP contribution in [-0.4, -0.2) is 41.8 Å². The first-order valence-electron chi connectivity index (χ1n) is 10.8. The first-order chi connectivity index (χ1) is 15.6. The molecule has 2 aliphatic heterocycles. The van der Waals surface area contributed by atoms with Gasteiger partial charge in [0, 0.05) is 19.4 Å². The van der Waals surface area contributed by atoms with Crippen molar-refractivity contribution in [2.45, 2.75) is 38.7 Å². The molecule has 0 N–H and O–H groups in total. The Morgan fingerprint density at radius 1 is 1.22 bits per heavy atom. The first kappa shape index (κ1) is 20.8. The smallest absolute Gasteiger partial charge is 0.276 e. The molecular weight excluding hydrogens is 424 g/mol. The van der Waals surface area contributed by atoms with E-state index in [-0.39, 0.29) is 24.3 Å². The number of nitrogens with zero attached hydrogens (tertiary/aromatic N) is 4. The third-order valence-corrected chi connectivity index (χ3v) is 6.75. The van der Waals surface area contributed by atoms with E-state index >= 15 is 0 Å². The van der Waals surface area contributed by atoms with E-state index in [0.717, 1.165) is 28.6 Å². The second-order valence-corrected chi connectivity index (χ2v) is 9.12. The van der Waals surface area contributed by atoms with Gasteiger partial charge < -0.3 is 4.74 Å². The van der Waals surface area contributed by atoms with Crippen LogP contribution in [0.1, 0.15) is 31.2 Å². The van der Waals surface area contributed by atoms with Gasteiger partial charge in [0.25, 0.3) is 5.91 Å². The van der Waals surface area contributed by atoms with E-state index < -0.39 is 0 Å². The number of carbonyl (C=O) groups is 2. The Bertz CT molecular complexity index is 1170. The number of fused-ring (bicyclic) bond motifs is 1. The van der Waals surface area contributed by atoms with E-state index in [2.05, 4.69) is 5.10 Å². The van der Waals surface area contributed by atoms with Crippen molar-refractivity contribution in [3.63, 3.8) is 0 Å². The summed E-state index contributed by atoms with van der Waals surface area (Å²) in [6.07, 6.45) is 2.43. The van der Waals surface area contributed by atoms with Crippen LogP contribution < -0.4 is 9.91 Å². The van der Waals surface area contributed by atoms with Crippen LogP contribution in [0.5, 0.6) is 0 Å². The molecule has 3 heterocycles. The van der Waals surface area contributed by atoms with Crippen LogP contribution in [-0.2, 0) is 14.3 Å². The highest BCUT2D eigenvalue weighted by molar-refractivity contribution is 7.22. The van der Waals surface area contributed by atoms with E-state index in [9.17, 15) is 9.59 Å². The van der Waals surface area contributed by atoms with E-state index in [1.54, 1.807) is 4.90 Å². The number of aromatic nitrogens is 1. The summed E-state index contributed by atoms with van der Waals surface area (Å²) < 4.78 is 6.84.